The molecule has 1 aromatic carbocycles. The number of ether oxygens (including phenoxy) is 3. The van der Waals surface area contributed by atoms with Gasteiger partial charge in [0, 0.05) is 23.6 Å². The first-order valence-corrected chi connectivity index (χ1v) is 6.17. The van der Waals surface area contributed by atoms with Gasteiger partial charge in [-0.05, 0) is 18.2 Å². The summed E-state index contributed by atoms with van der Waals surface area (Å²) in [5, 5.41) is 0. The number of esters is 1. The summed E-state index contributed by atoms with van der Waals surface area (Å²) in [6.45, 7) is 4.55. The van der Waals surface area contributed by atoms with Crippen molar-refractivity contribution in [2.24, 2.45) is 0 Å². The van der Waals surface area contributed by atoms with Crippen LogP contribution in [0.15, 0.2) is 36.4 Å². The molecule has 2 heterocycles. The Balaban J connectivity index is 1.63. The summed E-state index contributed by atoms with van der Waals surface area (Å²) in [6.07, 6.45) is 4.28. The van der Waals surface area contributed by atoms with Crippen LogP contribution < -0.4 is 9.47 Å². The van der Waals surface area contributed by atoms with Crippen LogP contribution in [-0.4, -0.2) is 25.3 Å². The highest BCUT2D eigenvalue weighted by Gasteiger charge is 2.27. The highest BCUT2D eigenvalue weighted by molar-refractivity contribution is 5.89. The van der Waals surface area contributed by atoms with Crippen molar-refractivity contribution in [2.75, 3.05) is 13.2 Å². The van der Waals surface area contributed by atoms with Gasteiger partial charge in [0.2, 0.25) is 0 Å². The molecule has 1 saturated heterocycles. The number of hydrogen-bond donors (Lipinski definition) is 0. The van der Waals surface area contributed by atoms with Crippen molar-refractivity contribution in [3.8, 4) is 11.5 Å². The molecule has 4 nitrogen and oxygen atoms in total. The predicted molar refractivity (Wildman–Crippen MR) is 70.1 cm³/mol. The number of fused-ring (bicyclic) bond motifs is 1. The molecule has 2 aliphatic rings. The lowest BCUT2D eigenvalue weighted by molar-refractivity contribution is -0.139. The van der Waals surface area contributed by atoms with Crippen LogP contribution in [0.4, 0.5) is 0 Å². The standard InChI is InChI=1S/C15H14O4/c1-10-7-13(19-15(10)16)9-18-12-5-4-11-3-2-6-17-14(11)8-12/h2-5,8,13H,1,6-7,9H2. The Hall–Kier alpha value is -2.23. The van der Waals surface area contributed by atoms with Gasteiger partial charge in [-0.2, -0.15) is 0 Å². The fourth-order valence-electron chi connectivity index (χ4n) is 2.10. The number of carbonyl (C=O) groups excluding carboxylic acids is 1. The largest absolute Gasteiger partial charge is 0.490 e. The van der Waals surface area contributed by atoms with E-state index in [1.165, 1.54) is 0 Å². The number of benzene rings is 1. The van der Waals surface area contributed by atoms with E-state index in [1.54, 1.807) is 0 Å². The van der Waals surface area contributed by atoms with E-state index in [4.69, 9.17) is 14.2 Å². The van der Waals surface area contributed by atoms with Crippen molar-refractivity contribution < 1.29 is 19.0 Å². The van der Waals surface area contributed by atoms with E-state index in [0.29, 0.717) is 31.0 Å². The van der Waals surface area contributed by atoms with Crippen molar-refractivity contribution in [1.82, 2.24) is 0 Å². The van der Waals surface area contributed by atoms with Crippen LogP contribution in [0.25, 0.3) is 6.08 Å². The first-order chi connectivity index (χ1) is 9.22. The summed E-state index contributed by atoms with van der Waals surface area (Å²) in [7, 11) is 0. The van der Waals surface area contributed by atoms with Crippen LogP contribution >= 0.6 is 0 Å². The van der Waals surface area contributed by atoms with Crippen molar-refractivity contribution in [1.29, 1.82) is 0 Å². The lowest BCUT2D eigenvalue weighted by atomic mass is 10.1. The van der Waals surface area contributed by atoms with Crippen LogP contribution in [0.2, 0.25) is 0 Å². The summed E-state index contributed by atoms with van der Waals surface area (Å²) in [5.74, 6) is 1.20. The average molecular weight is 258 g/mol. The van der Waals surface area contributed by atoms with E-state index in [9.17, 15) is 4.79 Å². The topological polar surface area (TPSA) is 44.8 Å². The van der Waals surface area contributed by atoms with Gasteiger partial charge in [-0.3, -0.25) is 0 Å². The minimum absolute atomic E-state index is 0.239. The molecule has 1 aromatic rings. The second-order valence-electron chi connectivity index (χ2n) is 4.56. The molecule has 1 unspecified atom stereocenters. The Morgan fingerprint density at radius 3 is 3.11 bits per heavy atom. The molecular weight excluding hydrogens is 244 g/mol. The zero-order chi connectivity index (χ0) is 13.2. The van der Waals surface area contributed by atoms with Gasteiger partial charge in [-0.1, -0.05) is 12.7 Å². The van der Waals surface area contributed by atoms with Crippen LogP contribution in [0.3, 0.4) is 0 Å². The van der Waals surface area contributed by atoms with E-state index in [2.05, 4.69) is 6.58 Å². The Kier molecular flexibility index (Phi) is 2.99. The van der Waals surface area contributed by atoms with Gasteiger partial charge in [0.05, 0.1) is 0 Å². The van der Waals surface area contributed by atoms with Gasteiger partial charge < -0.3 is 14.2 Å². The molecule has 0 N–H and O–H groups in total. The first-order valence-electron chi connectivity index (χ1n) is 6.17. The minimum atomic E-state index is -0.326. The molecule has 4 heteroatoms. The quantitative estimate of drug-likeness (QED) is 0.616. The SMILES string of the molecule is C=C1CC(COc2ccc3c(c2)OCC=C3)OC1=O. The van der Waals surface area contributed by atoms with Gasteiger partial charge in [0.25, 0.3) is 0 Å². The molecule has 98 valence electrons. The average Bonchev–Trinajstić information content (AvgIpc) is 2.75. The maximum atomic E-state index is 11.2. The van der Waals surface area contributed by atoms with E-state index in [1.807, 2.05) is 30.4 Å². The Labute approximate surface area is 111 Å². The summed E-state index contributed by atoms with van der Waals surface area (Å²) < 4.78 is 16.2. The van der Waals surface area contributed by atoms with Gasteiger partial charge in [-0.25, -0.2) is 4.79 Å². The van der Waals surface area contributed by atoms with Crippen LogP contribution in [0.5, 0.6) is 11.5 Å². The molecule has 1 fully saturated rings. The molecule has 0 spiro atoms. The Bertz CT molecular complexity index is 543. The third-order valence-corrected chi connectivity index (χ3v) is 3.09. The van der Waals surface area contributed by atoms with Gasteiger partial charge >= 0.3 is 5.97 Å². The zero-order valence-corrected chi connectivity index (χ0v) is 10.4. The maximum Gasteiger partial charge on any atom is 0.333 e. The monoisotopic (exact) mass is 258 g/mol. The maximum absolute atomic E-state index is 11.2. The van der Waals surface area contributed by atoms with Crippen LogP contribution in [-0.2, 0) is 9.53 Å². The highest BCUT2D eigenvalue weighted by Crippen LogP contribution is 2.29. The van der Waals surface area contributed by atoms with Crippen molar-refractivity contribution in [3.63, 3.8) is 0 Å². The number of carbonyl (C=O) groups is 1. The highest BCUT2D eigenvalue weighted by atomic mass is 16.6. The van der Waals surface area contributed by atoms with Crippen LogP contribution in [0, 0.1) is 0 Å². The molecule has 19 heavy (non-hydrogen) atoms. The second-order valence-corrected chi connectivity index (χ2v) is 4.56. The van der Waals surface area contributed by atoms with E-state index in [0.717, 1.165) is 11.3 Å². The van der Waals surface area contributed by atoms with E-state index >= 15 is 0 Å². The lowest BCUT2D eigenvalue weighted by Gasteiger charge is -2.15. The first kappa shape index (κ1) is 11.8. The molecule has 0 bridgehead atoms. The predicted octanol–water partition coefficient (Wildman–Crippen LogP) is 2.34. The molecule has 0 radical (unpaired) electrons. The minimum Gasteiger partial charge on any atom is -0.490 e. The normalized spacial score (nSPS) is 20.7. The molecule has 0 saturated carbocycles. The van der Waals surface area contributed by atoms with Gasteiger partial charge in [-0.15, -0.1) is 0 Å². The third kappa shape index (κ3) is 2.47. The summed E-state index contributed by atoms with van der Waals surface area (Å²) in [4.78, 5) is 11.2. The zero-order valence-electron chi connectivity index (χ0n) is 10.4. The molecule has 1 atom stereocenters. The molecule has 2 aliphatic heterocycles. The lowest BCUT2D eigenvalue weighted by Crippen LogP contribution is -2.17. The van der Waals surface area contributed by atoms with Crippen molar-refractivity contribution >= 4 is 12.0 Å². The smallest absolute Gasteiger partial charge is 0.333 e. The van der Waals surface area contributed by atoms with E-state index in [-0.39, 0.29) is 12.1 Å². The van der Waals surface area contributed by atoms with Gasteiger partial charge in [0.1, 0.15) is 30.8 Å². The summed E-state index contributed by atoms with van der Waals surface area (Å²) in [5.41, 5.74) is 1.55. The fraction of sp³-hybridized carbons (Fsp3) is 0.267. The number of cyclic esters (lactones) is 1. The third-order valence-electron chi connectivity index (χ3n) is 3.09. The summed E-state index contributed by atoms with van der Waals surface area (Å²) >= 11 is 0. The van der Waals surface area contributed by atoms with Crippen molar-refractivity contribution in [2.45, 2.75) is 12.5 Å². The van der Waals surface area contributed by atoms with Gasteiger partial charge in [0.15, 0.2) is 0 Å². The number of rotatable bonds is 3. The molecule has 0 aromatic heterocycles. The van der Waals surface area contributed by atoms with E-state index < -0.39 is 0 Å². The van der Waals surface area contributed by atoms with Crippen LogP contribution in [0.1, 0.15) is 12.0 Å². The van der Waals surface area contributed by atoms with Crippen molar-refractivity contribution in [3.05, 3.63) is 42.0 Å². The summed E-state index contributed by atoms with van der Waals surface area (Å²) in [6, 6.07) is 5.67. The number of hydrogen-bond acceptors (Lipinski definition) is 4. The molecule has 3 rings (SSSR count). The molecule has 0 amide bonds. The Morgan fingerprint density at radius 1 is 1.42 bits per heavy atom. The fourth-order valence-corrected chi connectivity index (χ4v) is 2.10. The molecule has 0 aliphatic carbocycles. The Morgan fingerprint density at radius 2 is 2.32 bits per heavy atom. The second kappa shape index (κ2) is 4.80. The molecular formula is C15H14O4.